The zero-order valence-electron chi connectivity index (χ0n) is 15.6. The van der Waals surface area contributed by atoms with Crippen LogP contribution in [0.25, 0.3) is 0 Å². The number of H-pyrrole nitrogens is 1. The molecule has 0 spiro atoms. The molecule has 1 aromatic heterocycles. The molecule has 5 nitrogen and oxygen atoms in total. The second-order valence-corrected chi connectivity index (χ2v) is 6.83. The molecular weight excluding hydrogens is 340 g/mol. The Bertz CT molecular complexity index is 990. The number of rotatable bonds is 7. The lowest BCUT2D eigenvalue weighted by Gasteiger charge is -2.18. The summed E-state index contributed by atoms with van der Waals surface area (Å²) in [5.41, 5.74) is 2.65. The van der Waals surface area contributed by atoms with Gasteiger partial charge in [0.15, 0.2) is 0 Å². The molecule has 0 radical (unpaired) electrons. The standard InChI is InChI=1S/C22H24N2O3/c1-16(2)20-19(13-17-9-5-3-6-10-17)24(22(26)23-21(20)25)15-27-14-18-11-7-4-8-12-18/h3-12,16H,13-15H2,1-2H3,(H,23,25,26). The van der Waals surface area contributed by atoms with Crippen molar-refractivity contribution in [1.82, 2.24) is 9.55 Å². The van der Waals surface area contributed by atoms with Crippen LogP contribution in [0.2, 0.25) is 0 Å². The van der Waals surface area contributed by atoms with E-state index in [2.05, 4.69) is 4.98 Å². The lowest BCUT2D eigenvalue weighted by molar-refractivity contribution is 0.0588. The van der Waals surface area contributed by atoms with Crippen LogP contribution in [0.5, 0.6) is 0 Å². The molecule has 0 amide bonds. The molecule has 0 aliphatic rings. The van der Waals surface area contributed by atoms with E-state index in [9.17, 15) is 9.59 Å². The average Bonchev–Trinajstić information content (AvgIpc) is 2.65. The fraction of sp³-hybridized carbons (Fsp3) is 0.273. The van der Waals surface area contributed by atoms with Gasteiger partial charge in [-0.05, 0) is 17.0 Å². The van der Waals surface area contributed by atoms with E-state index in [1.54, 1.807) is 0 Å². The third-order valence-electron chi connectivity index (χ3n) is 4.47. The summed E-state index contributed by atoms with van der Waals surface area (Å²) in [5.74, 6) is -0.00608. The molecule has 0 bridgehead atoms. The van der Waals surface area contributed by atoms with Crippen LogP contribution >= 0.6 is 0 Å². The molecule has 0 aliphatic heterocycles. The number of nitrogens with zero attached hydrogens (tertiary/aromatic N) is 1. The molecule has 1 N–H and O–H groups in total. The monoisotopic (exact) mass is 364 g/mol. The minimum atomic E-state index is -0.441. The Morgan fingerprint density at radius 2 is 1.52 bits per heavy atom. The Morgan fingerprint density at radius 1 is 0.926 bits per heavy atom. The zero-order valence-corrected chi connectivity index (χ0v) is 15.6. The van der Waals surface area contributed by atoms with Crippen molar-refractivity contribution in [2.45, 2.75) is 39.5 Å². The molecule has 0 saturated heterocycles. The van der Waals surface area contributed by atoms with Crippen molar-refractivity contribution in [3.8, 4) is 0 Å². The molecule has 27 heavy (non-hydrogen) atoms. The van der Waals surface area contributed by atoms with Gasteiger partial charge in [0.1, 0.15) is 6.73 Å². The highest BCUT2D eigenvalue weighted by Gasteiger charge is 2.18. The molecule has 0 fully saturated rings. The first kappa shape index (κ1) is 18.9. The summed E-state index contributed by atoms with van der Waals surface area (Å²) < 4.78 is 7.31. The maximum atomic E-state index is 12.5. The average molecular weight is 364 g/mol. The molecule has 0 saturated carbocycles. The van der Waals surface area contributed by atoms with E-state index in [4.69, 9.17) is 4.74 Å². The Balaban J connectivity index is 1.94. The van der Waals surface area contributed by atoms with Crippen LogP contribution in [0.15, 0.2) is 70.3 Å². The van der Waals surface area contributed by atoms with Crippen molar-refractivity contribution in [3.05, 3.63) is 104 Å². The van der Waals surface area contributed by atoms with Gasteiger partial charge in [0.2, 0.25) is 0 Å². The predicted molar refractivity (Wildman–Crippen MR) is 106 cm³/mol. The molecule has 140 valence electrons. The third-order valence-corrected chi connectivity index (χ3v) is 4.47. The number of benzene rings is 2. The van der Waals surface area contributed by atoms with Crippen molar-refractivity contribution in [3.63, 3.8) is 0 Å². The Kier molecular flexibility index (Phi) is 6.04. The summed E-state index contributed by atoms with van der Waals surface area (Å²) in [6, 6.07) is 19.6. The molecule has 5 heteroatoms. The molecule has 1 heterocycles. The Morgan fingerprint density at radius 3 is 2.11 bits per heavy atom. The smallest absolute Gasteiger partial charge is 0.330 e. The van der Waals surface area contributed by atoms with E-state index in [-0.39, 0.29) is 18.2 Å². The highest BCUT2D eigenvalue weighted by molar-refractivity contribution is 5.28. The summed E-state index contributed by atoms with van der Waals surface area (Å²) in [6.07, 6.45) is 0.502. The van der Waals surface area contributed by atoms with Gasteiger partial charge in [-0.25, -0.2) is 4.79 Å². The van der Waals surface area contributed by atoms with Crippen LogP contribution in [0, 0.1) is 0 Å². The van der Waals surface area contributed by atoms with E-state index >= 15 is 0 Å². The number of aromatic amines is 1. The van der Waals surface area contributed by atoms with Gasteiger partial charge in [0.25, 0.3) is 5.56 Å². The van der Waals surface area contributed by atoms with Crippen LogP contribution in [-0.4, -0.2) is 9.55 Å². The van der Waals surface area contributed by atoms with Crippen LogP contribution in [0.3, 0.4) is 0 Å². The summed E-state index contributed by atoms with van der Waals surface area (Å²) in [6.45, 7) is 4.40. The number of aromatic nitrogens is 2. The van der Waals surface area contributed by atoms with Gasteiger partial charge < -0.3 is 4.74 Å². The fourth-order valence-corrected chi connectivity index (χ4v) is 3.17. The van der Waals surface area contributed by atoms with Gasteiger partial charge in [-0.15, -0.1) is 0 Å². The highest BCUT2D eigenvalue weighted by atomic mass is 16.5. The SMILES string of the molecule is CC(C)c1c(Cc2ccccc2)n(COCc2ccccc2)c(=O)[nH]c1=O. The molecule has 3 aromatic rings. The Labute approximate surface area is 158 Å². The highest BCUT2D eigenvalue weighted by Crippen LogP contribution is 2.18. The Hall–Kier alpha value is -2.92. The van der Waals surface area contributed by atoms with Gasteiger partial charge in [0, 0.05) is 17.7 Å². The maximum absolute atomic E-state index is 12.5. The van der Waals surface area contributed by atoms with Gasteiger partial charge in [-0.2, -0.15) is 0 Å². The van der Waals surface area contributed by atoms with E-state index < -0.39 is 5.69 Å². The summed E-state index contributed by atoms with van der Waals surface area (Å²) >= 11 is 0. The van der Waals surface area contributed by atoms with Crippen molar-refractivity contribution in [1.29, 1.82) is 0 Å². The lowest BCUT2D eigenvalue weighted by Crippen LogP contribution is -2.36. The first-order valence-electron chi connectivity index (χ1n) is 9.07. The largest absolute Gasteiger partial charge is 0.356 e. The fourth-order valence-electron chi connectivity index (χ4n) is 3.17. The number of ether oxygens (including phenoxy) is 1. The zero-order chi connectivity index (χ0) is 19.2. The molecule has 2 aromatic carbocycles. The summed E-state index contributed by atoms with van der Waals surface area (Å²) in [5, 5.41) is 0. The molecule has 0 aliphatic carbocycles. The number of hydrogen-bond donors (Lipinski definition) is 1. The second-order valence-electron chi connectivity index (χ2n) is 6.83. The van der Waals surface area contributed by atoms with Crippen LogP contribution in [-0.2, 0) is 24.5 Å². The number of hydrogen-bond acceptors (Lipinski definition) is 3. The third kappa shape index (κ3) is 4.63. The lowest BCUT2D eigenvalue weighted by atomic mass is 9.98. The first-order chi connectivity index (χ1) is 13.1. The summed E-state index contributed by atoms with van der Waals surface area (Å²) in [7, 11) is 0. The van der Waals surface area contributed by atoms with Gasteiger partial charge >= 0.3 is 5.69 Å². The van der Waals surface area contributed by atoms with Crippen LogP contribution in [0.4, 0.5) is 0 Å². The number of nitrogens with one attached hydrogen (secondary N) is 1. The van der Waals surface area contributed by atoms with Gasteiger partial charge in [0.05, 0.1) is 6.61 Å². The van der Waals surface area contributed by atoms with Crippen molar-refractivity contribution < 1.29 is 4.74 Å². The van der Waals surface area contributed by atoms with E-state index in [0.717, 1.165) is 11.1 Å². The predicted octanol–water partition coefficient (Wildman–Crippen LogP) is 3.43. The normalized spacial score (nSPS) is 11.1. The van der Waals surface area contributed by atoms with E-state index in [1.165, 1.54) is 4.57 Å². The molecule has 3 rings (SSSR count). The van der Waals surface area contributed by atoms with Crippen LogP contribution < -0.4 is 11.2 Å². The van der Waals surface area contributed by atoms with E-state index in [0.29, 0.717) is 24.3 Å². The maximum Gasteiger partial charge on any atom is 0.330 e. The topological polar surface area (TPSA) is 64.1 Å². The van der Waals surface area contributed by atoms with Crippen molar-refractivity contribution >= 4 is 0 Å². The van der Waals surface area contributed by atoms with Gasteiger partial charge in [-0.1, -0.05) is 74.5 Å². The minimum absolute atomic E-state index is 0.00608. The van der Waals surface area contributed by atoms with Crippen molar-refractivity contribution in [2.24, 2.45) is 0 Å². The minimum Gasteiger partial charge on any atom is -0.356 e. The van der Waals surface area contributed by atoms with E-state index in [1.807, 2.05) is 74.5 Å². The molecule has 0 atom stereocenters. The summed E-state index contributed by atoms with van der Waals surface area (Å²) in [4.78, 5) is 27.4. The molecule has 0 unspecified atom stereocenters. The molecular formula is C22H24N2O3. The van der Waals surface area contributed by atoms with Gasteiger partial charge in [-0.3, -0.25) is 14.3 Å². The first-order valence-corrected chi connectivity index (χ1v) is 9.07. The second kappa shape index (κ2) is 8.64. The quantitative estimate of drug-likeness (QED) is 0.699. The van der Waals surface area contributed by atoms with Crippen LogP contribution in [0.1, 0.15) is 42.1 Å². The van der Waals surface area contributed by atoms with Crippen molar-refractivity contribution in [2.75, 3.05) is 0 Å².